The van der Waals surface area contributed by atoms with E-state index in [9.17, 15) is 4.79 Å². The number of hydrogen-bond donors (Lipinski definition) is 1. The van der Waals surface area contributed by atoms with E-state index in [2.05, 4.69) is 15.4 Å². The molecule has 1 saturated carbocycles. The van der Waals surface area contributed by atoms with Gasteiger partial charge in [0.1, 0.15) is 0 Å². The monoisotopic (exact) mass is 270 g/mol. The number of nitrogens with one attached hydrogen (secondary N) is 1. The van der Waals surface area contributed by atoms with Gasteiger partial charge in [0.25, 0.3) is 5.56 Å². The van der Waals surface area contributed by atoms with Crippen LogP contribution in [0.3, 0.4) is 0 Å². The molecule has 2 heterocycles. The number of anilines is 1. The fourth-order valence-corrected chi connectivity index (χ4v) is 2.79. The largest absolute Gasteiger partial charge is 0.382 e. The first-order chi connectivity index (χ1) is 9.83. The fourth-order valence-electron chi connectivity index (χ4n) is 2.79. The first-order valence-corrected chi connectivity index (χ1v) is 7.03. The molecular formula is C15H18N4O. The van der Waals surface area contributed by atoms with E-state index in [4.69, 9.17) is 0 Å². The van der Waals surface area contributed by atoms with E-state index >= 15 is 0 Å². The van der Waals surface area contributed by atoms with Gasteiger partial charge in [-0.1, -0.05) is 0 Å². The average Bonchev–Trinajstić information content (AvgIpc) is 2.50. The summed E-state index contributed by atoms with van der Waals surface area (Å²) in [5, 5.41) is 7.71. The van der Waals surface area contributed by atoms with Crippen molar-refractivity contribution in [1.82, 2.24) is 14.8 Å². The molecule has 2 aromatic heterocycles. The van der Waals surface area contributed by atoms with Gasteiger partial charge in [0, 0.05) is 36.4 Å². The Kier molecular flexibility index (Phi) is 3.76. The lowest BCUT2D eigenvalue weighted by Gasteiger charge is -2.30. The van der Waals surface area contributed by atoms with Gasteiger partial charge in [0.05, 0.1) is 6.04 Å². The van der Waals surface area contributed by atoms with Crippen LogP contribution in [0.2, 0.25) is 0 Å². The first kappa shape index (κ1) is 12.8. The minimum Gasteiger partial charge on any atom is -0.382 e. The van der Waals surface area contributed by atoms with Gasteiger partial charge in [-0.3, -0.25) is 9.78 Å². The van der Waals surface area contributed by atoms with Gasteiger partial charge in [-0.05, 0) is 43.9 Å². The molecule has 2 aromatic rings. The Morgan fingerprint density at radius 1 is 1.05 bits per heavy atom. The van der Waals surface area contributed by atoms with Crippen LogP contribution in [0.25, 0.3) is 0 Å². The molecule has 5 heteroatoms. The van der Waals surface area contributed by atoms with Gasteiger partial charge >= 0.3 is 0 Å². The van der Waals surface area contributed by atoms with Crippen LogP contribution in [-0.4, -0.2) is 20.8 Å². The normalized spacial score (nSPS) is 22.4. The third-order valence-electron chi connectivity index (χ3n) is 3.84. The molecule has 0 aromatic carbocycles. The summed E-state index contributed by atoms with van der Waals surface area (Å²) in [6.07, 6.45) is 9.34. The van der Waals surface area contributed by atoms with E-state index in [1.165, 1.54) is 0 Å². The van der Waals surface area contributed by atoms with Gasteiger partial charge < -0.3 is 5.32 Å². The Bertz CT molecular complexity index is 603. The van der Waals surface area contributed by atoms with E-state index in [0.717, 1.165) is 31.4 Å². The molecule has 3 rings (SSSR count). The molecule has 0 spiro atoms. The van der Waals surface area contributed by atoms with Crippen LogP contribution in [0.4, 0.5) is 5.69 Å². The summed E-state index contributed by atoms with van der Waals surface area (Å²) >= 11 is 0. The van der Waals surface area contributed by atoms with Crippen molar-refractivity contribution in [3.8, 4) is 0 Å². The van der Waals surface area contributed by atoms with Crippen LogP contribution in [0.1, 0.15) is 31.7 Å². The van der Waals surface area contributed by atoms with Crippen molar-refractivity contribution in [2.24, 2.45) is 0 Å². The number of aromatic nitrogens is 3. The van der Waals surface area contributed by atoms with Crippen LogP contribution in [0, 0.1) is 0 Å². The van der Waals surface area contributed by atoms with Gasteiger partial charge in [-0.2, -0.15) is 5.10 Å². The summed E-state index contributed by atoms with van der Waals surface area (Å²) in [6.45, 7) is 0. The summed E-state index contributed by atoms with van der Waals surface area (Å²) in [5.74, 6) is 0. The molecular weight excluding hydrogens is 252 g/mol. The molecule has 0 radical (unpaired) electrons. The minimum absolute atomic E-state index is 0.00181. The number of nitrogens with zero attached hydrogens (tertiary/aromatic N) is 3. The molecule has 104 valence electrons. The van der Waals surface area contributed by atoms with Crippen LogP contribution in [-0.2, 0) is 0 Å². The Balaban J connectivity index is 1.60. The van der Waals surface area contributed by atoms with Crippen LogP contribution >= 0.6 is 0 Å². The van der Waals surface area contributed by atoms with E-state index in [1.54, 1.807) is 35.4 Å². The lowest BCUT2D eigenvalue weighted by molar-refractivity contribution is 0.304. The van der Waals surface area contributed by atoms with Crippen molar-refractivity contribution in [3.05, 3.63) is 53.2 Å². The Hall–Kier alpha value is -2.17. The molecule has 5 nitrogen and oxygen atoms in total. The summed E-state index contributed by atoms with van der Waals surface area (Å²) in [6, 6.07) is 7.93. The second kappa shape index (κ2) is 5.86. The van der Waals surface area contributed by atoms with E-state index < -0.39 is 0 Å². The maximum Gasteiger partial charge on any atom is 0.266 e. The Morgan fingerprint density at radius 3 is 2.50 bits per heavy atom. The lowest BCUT2D eigenvalue weighted by Crippen LogP contribution is -2.32. The van der Waals surface area contributed by atoms with Gasteiger partial charge in [-0.25, -0.2) is 4.68 Å². The van der Waals surface area contributed by atoms with Gasteiger partial charge in [0.15, 0.2) is 0 Å². The zero-order valence-electron chi connectivity index (χ0n) is 11.3. The third kappa shape index (κ3) is 2.87. The zero-order valence-corrected chi connectivity index (χ0v) is 11.3. The summed E-state index contributed by atoms with van der Waals surface area (Å²) in [5.41, 5.74) is 1.11. The molecule has 0 aliphatic heterocycles. The average molecular weight is 270 g/mol. The first-order valence-electron chi connectivity index (χ1n) is 7.03. The van der Waals surface area contributed by atoms with Crippen LogP contribution < -0.4 is 10.9 Å². The topological polar surface area (TPSA) is 59.8 Å². The molecule has 1 aliphatic rings. The lowest BCUT2D eigenvalue weighted by atomic mass is 9.91. The van der Waals surface area contributed by atoms with Gasteiger partial charge in [0.2, 0.25) is 0 Å². The third-order valence-corrected chi connectivity index (χ3v) is 3.84. The second-order valence-corrected chi connectivity index (χ2v) is 5.19. The van der Waals surface area contributed by atoms with Crippen molar-refractivity contribution in [3.63, 3.8) is 0 Å². The number of rotatable bonds is 3. The molecule has 0 unspecified atom stereocenters. The van der Waals surface area contributed by atoms with E-state index in [1.807, 2.05) is 12.1 Å². The molecule has 0 saturated heterocycles. The minimum atomic E-state index is -0.00181. The highest BCUT2D eigenvalue weighted by Crippen LogP contribution is 2.28. The molecule has 1 N–H and O–H groups in total. The van der Waals surface area contributed by atoms with Crippen molar-refractivity contribution >= 4 is 5.69 Å². The molecule has 0 amide bonds. The fraction of sp³-hybridized carbons (Fsp3) is 0.400. The van der Waals surface area contributed by atoms with Crippen LogP contribution in [0.15, 0.2) is 47.7 Å². The van der Waals surface area contributed by atoms with E-state index in [0.29, 0.717) is 6.04 Å². The smallest absolute Gasteiger partial charge is 0.266 e. The SMILES string of the molecule is O=c1cccnn1C1CCC(Nc2ccncc2)CC1. The van der Waals surface area contributed by atoms with E-state index in [-0.39, 0.29) is 11.6 Å². The van der Waals surface area contributed by atoms with Gasteiger partial charge in [-0.15, -0.1) is 0 Å². The summed E-state index contributed by atoms with van der Waals surface area (Å²) in [4.78, 5) is 15.8. The Labute approximate surface area is 117 Å². The highest BCUT2D eigenvalue weighted by molar-refractivity contribution is 5.41. The zero-order chi connectivity index (χ0) is 13.8. The molecule has 1 fully saturated rings. The van der Waals surface area contributed by atoms with Crippen molar-refractivity contribution in [2.75, 3.05) is 5.32 Å². The second-order valence-electron chi connectivity index (χ2n) is 5.19. The van der Waals surface area contributed by atoms with Crippen molar-refractivity contribution in [2.45, 2.75) is 37.8 Å². The quantitative estimate of drug-likeness (QED) is 0.929. The predicted octanol–water partition coefficient (Wildman–Crippen LogP) is 2.23. The summed E-state index contributed by atoms with van der Waals surface area (Å²) < 4.78 is 1.63. The molecule has 0 bridgehead atoms. The molecule has 0 atom stereocenters. The predicted molar refractivity (Wildman–Crippen MR) is 77.6 cm³/mol. The Morgan fingerprint density at radius 2 is 1.80 bits per heavy atom. The number of hydrogen-bond acceptors (Lipinski definition) is 4. The number of pyridine rings is 1. The van der Waals surface area contributed by atoms with Crippen LogP contribution in [0.5, 0.6) is 0 Å². The highest BCUT2D eigenvalue weighted by atomic mass is 16.1. The maximum absolute atomic E-state index is 11.8. The maximum atomic E-state index is 11.8. The summed E-state index contributed by atoms with van der Waals surface area (Å²) in [7, 11) is 0. The standard InChI is InChI=1S/C15H18N4O/c20-15-2-1-9-17-19(15)14-5-3-12(4-6-14)18-13-7-10-16-11-8-13/h1-2,7-12,14H,3-6H2,(H,16,18). The highest BCUT2D eigenvalue weighted by Gasteiger charge is 2.23. The molecule has 20 heavy (non-hydrogen) atoms. The van der Waals surface area contributed by atoms with Crippen molar-refractivity contribution in [1.29, 1.82) is 0 Å². The molecule has 1 aliphatic carbocycles. The van der Waals surface area contributed by atoms with Crippen molar-refractivity contribution < 1.29 is 0 Å².